The van der Waals surface area contributed by atoms with Crippen molar-refractivity contribution in [3.05, 3.63) is 47.5 Å². The van der Waals surface area contributed by atoms with Gasteiger partial charge in [0, 0.05) is 49.5 Å². The fraction of sp³-hybridized carbons (Fsp3) is 0.400. The Bertz CT molecular complexity index is 780. The van der Waals surface area contributed by atoms with Crippen LogP contribution in [-0.4, -0.2) is 62.2 Å². The van der Waals surface area contributed by atoms with Crippen LogP contribution in [-0.2, 0) is 0 Å². The topological polar surface area (TPSA) is 54.4 Å². The third-order valence-corrected chi connectivity index (χ3v) is 5.04. The summed E-state index contributed by atoms with van der Waals surface area (Å²) in [5.74, 6) is 2.07. The molecule has 0 amide bonds. The summed E-state index contributed by atoms with van der Waals surface area (Å²) in [7, 11) is 0. The maximum Gasteiger partial charge on any atom is 0.231 e. The summed E-state index contributed by atoms with van der Waals surface area (Å²) in [5.41, 5.74) is 1.15. The SMILES string of the molecule is O[C@H](COc1ccc2c(c1)OCO2)CN1CCN(c2cccc(Cl)c2)CC1. The zero-order valence-corrected chi connectivity index (χ0v) is 15.8. The molecule has 27 heavy (non-hydrogen) atoms. The molecule has 7 heteroatoms. The molecule has 0 aliphatic carbocycles. The third-order valence-electron chi connectivity index (χ3n) is 4.80. The maximum absolute atomic E-state index is 10.3. The van der Waals surface area contributed by atoms with Crippen LogP contribution >= 0.6 is 11.6 Å². The van der Waals surface area contributed by atoms with Gasteiger partial charge in [0.05, 0.1) is 0 Å². The lowest BCUT2D eigenvalue weighted by atomic mass is 10.2. The smallest absolute Gasteiger partial charge is 0.231 e. The Labute approximate surface area is 163 Å². The lowest BCUT2D eigenvalue weighted by Gasteiger charge is -2.36. The summed E-state index contributed by atoms with van der Waals surface area (Å²) in [6, 6.07) is 13.4. The average molecular weight is 391 g/mol. The minimum absolute atomic E-state index is 0.239. The molecule has 0 unspecified atom stereocenters. The molecule has 1 atom stereocenters. The lowest BCUT2D eigenvalue weighted by molar-refractivity contribution is 0.0662. The number of nitrogens with zero attached hydrogens (tertiary/aromatic N) is 2. The molecule has 4 rings (SSSR count). The van der Waals surface area contributed by atoms with Crippen LogP contribution in [0.5, 0.6) is 17.2 Å². The molecule has 0 saturated carbocycles. The van der Waals surface area contributed by atoms with Crippen molar-refractivity contribution in [1.82, 2.24) is 4.90 Å². The van der Waals surface area contributed by atoms with Crippen molar-refractivity contribution in [1.29, 1.82) is 0 Å². The van der Waals surface area contributed by atoms with E-state index in [1.165, 1.54) is 0 Å². The van der Waals surface area contributed by atoms with E-state index in [-0.39, 0.29) is 13.4 Å². The number of hydrogen-bond donors (Lipinski definition) is 1. The van der Waals surface area contributed by atoms with Crippen LogP contribution in [0.2, 0.25) is 5.02 Å². The van der Waals surface area contributed by atoms with Gasteiger partial charge in [-0.15, -0.1) is 0 Å². The highest BCUT2D eigenvalue weighted by molar-refractivity contribution is 6.30. The molecule has 0 radical (unpaired) electrons. The van der Waals surface area contributed by atoms with E-state index in [0.717, 1.165) is 42.6 Å². The molecule has 1 fully saturated rings. The molecule has 1 saturated heterocycles. The van der Waals surface area contributed by atoms with Gasteiger partial charge in [-0.2, -0.15) is 0 Å². The van der Waals surface area contributed by atoms with Crippen LogP contribution in [0, 0.1) is 0 Å². The zero-order valence-electron chi connectivity index (χ0n) is 15.0. The second-order valence-electron chi connectivity index (χ2n) is 6.75. The number of rotatable bonds is 6. The van der Waals surface area contributed by atoms with Gasteiger partial charge in [0.1, 0.15) is 18.5 Å². The van der Waals surface area contributed by atoms with Crippen LogP contribution in [0.4, 0.5) is 5.69 Å². The molecular weight excluding hydrogens is 368 g/mol. The highest BCUT2D eigenvalue weighted by atomic mass is 35.5. The number of halogens is 1. The van der Waals surface area contributed by atoms with Crippen molar-refractivity contribution in [3.8, 4) is 17.2 Å². The average Bonchev–Trinajstić information content (AvgIpc) is 3.15. The van der Waals surface area contributed by atoms with Crippen molar-refractivity contribution in [2.75, 3.05) is 51.0 Å². The first-order chi connectivity index (χ1) is 13.2. The number of hydrogen-bond acceptors (Lipinski definition) is 6. The Morgan fingerprint density at radius 1 is 1.04 bits per heavy atom. The number of anilines is 1. The third kappa shape index (κ3) is 4.58. The highest BCUT2D eigenvalue weighted by Crippen LogP contribution is 2.35. The summed E-state index contributed by atoms with van der Waals surface area (Å²) < 4.78 is 16.3. The quantitative estimate of drug-likeness (QED) is 0.818. The minimum Gasteiger partial charge on any atom is -0.491 e. The molecule has 144 valence electrons. The van der Waals surface area contributed by atoms with Gasteiger partial charge < -0.3 is 24.2 Å². The van der Waals surface area contributed by atoms with E-state index in [4.69, 9.17) is 25.8 Å². The van der Waals surface area contributed by atoms with Gasteiger partial charge in [0.25, 0.3) is 0 Å². The maximum atomic E-state index is 10.3. The van der Waals surface area contributed by atoms with Gasteiger partial charge in [-0.05, 0) is 30.3 Å². The minimum atomic E-state index is -0.548. The molecule has 0 aromatic heterocycles. The molecule has 2 aliphatic rings. The predicted molar refractivity (Wildman–Crippen MR) is 104 cm³/mol. The van der Waals surface area contributed by atoms with Crippen molar-refractivity contribution in [3.63, 3.8) is 0 Å². The fourth-order valence-electron chi connectivity index (χ4n) is 3.37. The van der Waals surface area contributed by atoms with Gasteiger partial charge in [-0.25, -0.2) is 0 Å². The largest absolute Gasteiger partial charge is 0.491 e. The van der Waals surface area contributed by atoms with Crippen LogP contribution in [0.25, 0.3) is 0 Å². The lowest BCUT2D eigenvalue weighted by Crippen LogP contribution is -2.49. The van der Waals surface area contributed by atoms with Crippen molar-refractivity contribution in [2.45, 2.75) is 6.10 Å². The second kappa shape index (κ2) is 8.25. The Morgan fingerprint density at radius 3 is 2.67 bits per heavy atom. The summed E-state index contributed by atoms with van der Waals surface area (Å²) in [4.78, 5) is 4.58. The van der Waals surface area contributed by atoms with E-state index in [1.54, 1.807) is 6.07 Å². The van der Waals surface area contributed by atoms with E-state index >= 15 is 0 Å². The highest BCUT2D eigenvalue weighted by Gasteiger charge is 2.20. The number of benzene rings is 2. The first kappa shape index (κ1) is 18.2. The number of β-amino-alcohol motifs (C(OH)–C–C–N with tert-alkyl or cyclic N) is 1. The summed E-state index contributed by atoms with van der Waals surface area (Å²) >= 11 is 6.08. The normalized spacial score (nSPS) is 17.8. The summed E-state index contributed by atoms with van der Waals surface area (Å²) in [5, 5.41) is 11.1. The summed E-state index contributed by atoms with van der Waals surface area (Å²) in [6.45, 7) is 4.69. The number of fused-ring (bicyclic) bond motifs is 1. The van der Waals surface area contributed by atoms with Crippen molar-refractivity contribution < 1.29 is 19.3 Å². The van der Waals surface area contributed by atoms with Crippen LogP contribution < -0.4 is 19.1 Å². The number of ether oxygens (including phenoxy) is 3. The number of piperazine rings is 1. The standard InChI is InChI=1S/C20H23ClN2O4/c21-15-2-1-3-16(10-15)23-8-6-22(7-9-23)12-17(24)13-25-18-4-5-19-20(11-18)27-14-26-19/h1-5,10-11,17,24H,6-9,12-14H2/t17-/m0/s1. The zero-order chi connectivity index (χ0) is 18.6. The first-order valence-corrected chi connectivity index (χ1v) is 9.48. The molecule has 2 aromatic carbocycles. The van der Waals surface area contributed by atoms with Gasteiger partial charge in [-0.1, -0.05) is 17.7 Å². The Balaban J connectivity index is 1.22. The van der Waals surface area contributed by atoms with Gasteiger partial charge in [0.15, 0.2) is 11.5 Å². The van der Waals surface area contributed by atoms with Gasteiger partial charge in [-0.3, -0.25) is 4.90 Å². The van der Waals surface area contributed by atoms with Crippen LogP contribution in [0.1, 0.15) is 0 Å². The van der Waals surface area contributed by atoms with E-state index in [2.05, 4.69) is 15.9 Å². The monoisotopic (exact) mass is 390 g/mol. The molecular formula is C20H23ClN2O4. The van der Waals surface area contributed by atoms with E-state index in [1.807, 2.05) is 30.3 Å². The molecule has 2 aliphatic heterocycles. The van der Waals surface area contributed by atoms with Crippen molar-refractivity contribution >= 4 is 17.3 Å². The van der Waals surface area contributed by atoms with E-state index < -0.39 is 6.10 Å². The second-order valence-corrected chi connectivity index (χ2v) is 7.18. The van der Waals surface area contributed by atoms with Crippen molar-refractivity contribution in [2.24, 2.45) is 0 Å². The number of aliphatic hydroxyl groups is 1. The van der Waals surface area contributed by atoms with Gasteiger partial charge >= 0.3 is 0 Å². The predicted octanol–water partition coefficient (Wildman–Crippen LogP) is 2.63. The molecule has 0 spiro atoms. The fourth-order valence-corrected chi connectivity index (χ4v) is 3.56. The molecule has 2 heterocycles. The Kier molecular flexibility index (Phi) is 5.57. The molecule has 6 nitrogen and oxygen atoms in total. The Morgan fingerprint density at radius 2 is 1.85 bits per heavy atom. The summed E-state index contributed by atoms with van der Waals surface area (Å²) in [6.07, 6.45) is -0.548. The van der Waals surface area contributed by atoms with Gasteiger partial charge in [0.2, 0.25) is 6.79 Å². The molecule has 1 N–H and O–H groups in total. The molecule has 2 aromatic rings. The van der Waals surface area contributed by atoms with E-state index in [9.17, 15) is 5.11 Å². The first-order valence-electron chi connectivity index (χ1n) is 9.11. The van der Waals surface area contributed by atoms with Crippen LogP contribution in [0.3, 0.4) is 0 Å². The number of aliphatic hydroxyl groups excluding tert-OH is 1. The Hall–Kier alpha value is -2.15. The van der Waals surface area contributed by atoms with Crippen LogP contribution in [0.15, 0.2) is 42.5 Å². The van der Waals surface area contributed by atoms with E-state index in [0.29, 0.717) is 18.0 Å². The molecule has 0 bridgehead atoms.